The molecule has 1 N–H and O–H groups in total. The number of carbonyl (C=O) groups is 3. The van der Waals surface area contributed by atoms with Crippen LogP contribution >= 0.6 is 11.8 Å². The number of ether oxygens (including phenoxy) is 3. The van der Waals surface area contributed by atoms with E-state index in [1.165, 1.54) is 0 Å². The van der Waals surface area contributed by atoms with Gasteiger partial charge in [0.25, 0.3) is 11.1 Å². The number of carbonyl (C=O) groups excluding carboxylic acids is 3. The zero-order valence-electron chi connectivity index (χ0n) is 18.8. The maximum Gasteiger partial charge on any atom is 0.293 e. The number of methoxy groups -OCH3 is 2. The Hall–Kier alpha value is -3.46. The van der Waals surface area contributed by atoms with Crippen molar-refractivity contribution in [3.05, 3.63) is 58.5 Å². The summed E-state index contributed by atoms with van der Waals surface area (Å²) in [5.74, 6) is 1.29. The van der Waals surface area contributed by atoms with Crippen molar-refractivity contribution in [2.45, 2.75) is 13.3 Å². The lowest BCUT2D eigenvalue weighted by molar-refractivity contribution is -0.124. The van der Waals surface area contributed by atoms with Gasteiger partial charge >= 0.3 is 0 Å². The highest BCUT2D eigenvalue weighted by atomic mass is 32.2. The number of rotatable bonds is 10. The SMILES string of the molecule is CCOc1ccc(C=C2SC(=O)N(CCNC(=O)Cc3ccc(OC)cc3)C2=O)cc1OC. The van der Waals surface area contributed by atoms with Gasteiger partial charge in [0.2, 0.25) is 5.91 Å². The highest BCUT2D eigenvalue weighted by molar-refractivity contribution is 8.18. The van der Waals surface area contributed by atoms with Crippen LogP contribution in [0.4, 0.5) is 4.79 Å². The van der Waals surface area contributed by atoms with Crippen molar-refractivity contribution in [1.29, 1.82) is 0 Å². The predicted octanol–water partition coefficient (Wildman–Crippen LogP) is 3.50. The van der Waals surface area contributed by atoms with E-state index in [1.807, 2.05) is 19.1 Å². The van der Waals surface area contributed by atoms with Crippen LogP contribution in [0.15, 0.2) is 47.4 Å². The smallest absolute Gasteiger partial charge is 0.293 e. The number of benzene rings is 2. The van der Waals surface area contributed by atoms with E-state index in [-0.39, 0.29) is 36.6 Å². The number of hydrogen-bond donors (Lipinski definition) is 1. The van der Waals surface area contributed by atoms with E-state index in [4.69, 9.17) is 14.2 Å². The Balaban J connectivity index is 1.55. The second kappa shape index (κ2) is 11.4. The molecule has 2 aromatic carbocycles. The molecule has 0 bridgehead atoms. The second-order valence-electron chi connectivity index (χ2n) is 7.05. The van der Waals surface area contributed by atoms with Gasteiger partial charge in [0, 0.05) is 13.1 Å². The molecule has 3 amide bonds. The van der Waals surface area contributed by atoms with E-state index in [0.29, 0.717) is 28.6 Å². The first-order chi connectivity index (χ1) is 15.9. The van der Waals surface area contributed by atoms with E-state index in [0.717, 1.165) is 28.0 Å². The molecule has 33 heavy (non-hydrogen) atoms. The Bertz CT molecular complexity index is 1050. The van der Waals surface area contributed by atoms with Gasteiger partial charge < -0.3 is 19.5 Å². The highest BCUT2D eigenvalue weighted by Gasteiger charge is 2.34. The van der Waals surface area contributed by atoms with Crippen LogP contribution in [0.2, 0.25) is 0 Å². The Morgan fingerprint density at radius 2 is 1.82 bits per heavy atom. The van der Waals surface area contributed by atoms with Crippen LogP contribution in [0.1, 0.15) is 18.1 Å². The van der Waals surface area contributed by atoms with Crippen molar-refractivity contribution < 1.29 is 28.6 Å². The molecular weight excluding hydrogens is 444 g/mol. The van der Waals surface area contributed by atoms with Gasteiger partial charge in [-0.3, -0.25) is 19.3 Å². The molecule has 0 saturated carbocycles. The molecule has 0 aliphatic carbocycles. The fourth-order valence-electron chi connectivity index (χ4n) is 3.19. The molecule has 1 fully saturated rings. The lowest BCUT2D eigenvalue weighted by Gasteiger charge is -2.13. The number of nitrogens with zero attached hydrogens (tertiary/aromatic N) is 1. The Labute approximate surface area is 196 Å². The number of imide groups is 1. The van der Waals surface area contributed by atoms with Crippen LogP contribution in [-0.4, -0.2) is 55.9 Å². The molecule has 3 rings (SSSR count). The first kappa shape index (κ1) is 24.2. The minimum Gasteiger partial charge on any atom is -0.497 e. The summed E-state index contributed by atoms with van der Waals surface area (Å²) in [4.78, 5) is 38.7. The monoisotopic (exact) mass is 470 g/mol. The molecule has 2 aromatic rings. The molecular formula is C24H26N2O6S. The normalized spacial score (nSPS) is 14.5. The average Bonchev–Trinajstić information content (AvgIpc) is 3.08. The molecule has 0 aromatic heterocycles. The lowest BCUT2D eigenvalue weighted by atomic mass is 10.1. The van der Waals surface area contributed by atoms with E-state index < -0.39 is 0 Å². The summed E-state index contributed by atoms with van der Waals surface area (Å²) in [6.45, 7) is 2.66. The van der Waals surface area contributed by atoms with Crippen molar-refractivity contribution in [3.63, 3.8) is 0 Å². The standard InChI is InChI=1S/C24H26N2O6S/c1-4-32-19-10-7-17(13-20(19)31-3)14-21-23(28)26(24(29)33-21)12-11-25-22(27)15-16-5-8-18(30-2)9-6-16/h5-10,13-14H,4,11-12,15H2,1-3H3,(H,25,27). The Morgan fingerprint density at radius 3 is 2.48 bits per heavy atom. The Morgan fingerprint density at radius 1 is 1.06 bits per heavy atom. The van der Waals surface area contributed by atoms with E-state index >= 15 is 0 Å². The summed E-state index contributed by atoms with van der Waals surface area (Å²) in [5, 5.41) is 2.38. The molecule has 174 valence electrons. The number of hydrogen-bond acceptors (Lipinski definition) is 7. The van der Waals surface area contributed by atoms with Crippen molar-refractivity contribution in [2.75, 3.05) is 33.9 Å². The molecule has 0 spiro atoms. The molecule has 1 heterocycles. The summed E-state index contributed by atoms with van der Waals surface area (Å²) < 4.78 is 15.9. The molecule has 1 saturated heterocycles. The van der Waals surface area contributed by atoms with Crippen molar-refractivity contribution in [3.8, 4) is 17.2 Å². The summed E-state index contributed by atoms with van der Waals surface area (Å²) >= 11 is 0.871. The van der Waals surface area contributed by atoms with E-state index in [2.05, 4.69) is 5.32 Å². The zero-order chi connectivity index (χ0) is 23.8. The van der Waals surface area contributed by atoms with Crippen LogP contribution in [0, 0.1) is 0 Å². The van der Waals surface area contributed by atoms with Gasteiger partial charge in [-0.15, -0.1) is 0 Å². The predicted molar refractivity (Wildman–Crippen MR) is 127 cm³/mol. The maximum atomic E-state index is 12.7. The van der Waals surface area contributed by atoms with E-state index in [1.54, 1.807) is 50.6 Å². The Kier molecular flexibility index (Phi) is 8.37. The second-order valence-corrected chi connectivity index (χ2v) is 8.04. The van der Waals surface area contributed by atoms with Gasteiger partial charge in [0.15, 0.2) is 11.5 Å². The van der Waals surface area contributed by atoms with Gasteiger partial charge in [0.1, 0.15) is 5.75 Å². The topological polar surface area (TPSA) is 94.2 Å². The lowest BCUT2D eigenvalue weighted by Crippen LogP contribution is -2.37. The molecule has 8 nitrogen and oxygen atoms in total. The van der Waals surface area contributed by atoms with Gasteiger partial charge in [-0.1, -0.05) is 18.2 Å². The van der Waals surface area contributed by atoms with Crippen LogP contribution in [0.25, 0.3) is 6.08 Å². The van der Waals surface area contributed by atoms with Gasteiger partial charge in [-0.25, -0.2) is 0 Å². The number of thioether (sulfide) groups is 1. The van der Waals surface area contributed by atoms with Crippen molar-refractivity contribution >= 4 is 34.9 Å². The van der Waals surface area contributed by atoms with Gasteiger partial charge in [-0.2, -0.15) is 0 Å². The zero-order valence-corrected chi connectivity index (χ0v) is 19.6. The third kappa shape index (κ3) is 6.29. The molecule has 1 aliphatic heterocycles. The summed E-state index contributed by atoms with van der Waals surface area (Å²) in [6.07, 6.45) is 1.84. The van der Waals surface area contributed by atoms with Crippen molar-refractivity contribution in [2.24, 2.45) is 0 Å². The van der Waals surface area contributed by atoms with Gasteiger partial charge in [0.05, 0.1) is 32.2 Å². The highest BCUT2D eigenvalue weighted by Crippen LogP contribution is 2.34. The summed E-state index contributed by atoms with van der Waals surface area (Å²) in [5.41, 5.74) is 1.56. The van der Waals surface area contributed by atoms with Crippen LogP contribution in [0.5, 0.6) is 17.2 Å². The summed E-state index contributed by atoms with van der Waals surface area (Å²) in [6, 6.07) is 12.5. The molecule has 0 radical (unpaired) electrons. The largest absolute Gasteiger partial charge is 0.497 e. The molecule has 0 unspecified atom stereocenters. The third-order valence-electron chi connectivity index (χ3n) is 4.84. The summed E-state index contributed by atoms with van der Waals surface area (Å²) in [7, 11) is 3.12. The fourth-order valence-corrected chi connectivity index (χ4v) is 4.06. The molecule has 9 heteroatoms. The maximum absolute atomic E-state index is 12.7. The molecule has 0 atom stereocenters. The average molecular weight is 471 g/mol. The van der Waals surface area contributed by atoms with Gasteiger partial charge in [-0.05, 0) is 60.2 Å². The minimum atomic E-state index is -0.387. The van der Waals surface area contributed by atoms with Crippen LogP contribution in [0.3, 0.4) is 0 Å². The quantitative estimate of drug-likeness (QED) is 0.531. The first-order valence-electron chi connectivity index (χ1n) is 10.4. The molecule has 1 aliphatic rings. The first-order valence-corrected chi connectivity index (χ1v) is 11.2. The minimum absolute atomic E-state index is 0.100. The van der Waals surface area contributed by atoms with E-state index in [9.17, 15) is 14.4 Å². The number of nitrogens with one attached hydrogen (secondary N) is 1. The third-order valence-corrected chi connectivity index (χ3v) is 5.75. The number of amides is 3. The van der Waals surface area contributed by atoms with Crippen molar-refractivity contribution in [1.82, 2.24) is 10.2 Å². The van der Waals surface area contributed by atoms with Crippen LogP contribution in [-0.2, 0) is 16.0 Å². The van der Waals surface area contributed by atoms with Crippen LogP contribution < -0.4 is 19.5 Å². The fraction of sp³-hybridized carbons (Fsp3) is 0.292.